The molecule has 1 aromatic heterocycles. The van der Waals surface area contributed by atoms with Gasteiger partial charge < -0.3 is 14.4 Å². The van der Waals surface area contributed by atoms with Crippen LogP contribution in [-0.2, 0) is 16.8 Å². The van der Waals surface area contributed by atoms with E-state index < -0.39 is 11.7 Å². The predicted octanol–water partition coefficient (Wildman–Crippen LogP) is 1.26. The molecule has 5 heteroatoms. The topological polar surface area (TPSA) is 68.4 Å². The van der Waals surface area contributed by atoms with Gasteiger partial charge in [-0.25, -0.2) is 0 Å². The first kappa shape index (κ1) is 12.1. The van der Waals surface area contributed by atoms with Crippen molar-refractivity contribution in [3.63, 3.8) is 0 Å². The molecule has 1 atom stereocenters. The molecule has 1 rings (SSSR count). The van der Waals surface area contributed by atoms with Crippen molar-refractivity contribution in [1.29, 1.82) is 0 Å². The molecule has 0 radical (unpaired) electrons. The van der Waals surface area contributed by atoms with E-state index in [4.69, 9.17) is 14.4 Å². The number of aliphatic hydroxyl groups is 1. The number of hydrogen-bond acceptors (Lipinski definition) is 5. The van der Waals surface area contributed by atoms with Crippen LogP contribution in [0.1, 0.15) is 39.4 Å². The van der Waals surface area contributed by atoms with Crippen molar-refractivity contribution in [2.75, 3.05) is 6.61 Å². The molecule has 5 nitrogen and oxygen atoms in total. The maximum Gasteiger partial charge on any atom is 0.229 e. The van der Waals surface area contributed by atoms with Gasteiger partial charge in [-0.15, -0.1) is 0 Å². The number of aromatic nitrogens is 2. The Labute approximate surface area is 89.4 Å². The molecule has 0 aromatic carbocycles. The third kappa shape index (κ3) is 3.28. The Morgan fingerprint density at radius 1 is 1.53 bits per heavy atom. The van der Waals surface area contributed by atoms with Crippen LogP contribution in [0.5, 0.6) is 0 Å². The molecule has 1 heterocycles. The Morgan fingerprint density at radius 3 is 2.73 bits per heavy atom. The fraction of sp³-hybridized carbons (Fsp3) is 0.800. The summed E-state index contributed by atoms with van der Waals surface area (Å²) >= 11 is 0. The molecule has 86 valence electrons. The first-order chi connectivity index (χ1) is 6.95. The Morgan fingerprint density at radius 2 is 2.20 bits per heavy atom. The third-order valence-electron chi connectivity index (χ3n) is 1.98. The molecule has 0 fully saturated rings. The van der Waals surface area contributed by atoms with E-state index in [2.05, 4.69) is 10.1 Å². The van der Waals surface area contributed by atoms with Crippen LogP contribution in [-0.4, -0.2) is 28.0 Å². The van der Waals surface area contributed by atoms with Crippen molar-refractivity contribution in [1.82, 2.24) is 10.1 Å². The molecule has 0 saturated carbocycles. The van der Waals surface area contributed by atoms with Gasteiger partial charge in [-0.05, 0) is 27.7 Å². The summed E-state index contributed by atoms with van der Waals surface area (Å²) in [5.41, 5.74) is -0.546. The van der Waals surface area contributed by atoms with E-state index in [0.29, 0.717) is 24.7 Å². The summed E-state index contributed by atoms with van der Waals surface area (Å²) in [5, 5.41) is 13.0. The Kier molecular flexibility index (Phi) is 3.82. The van der Waals surface area contributed by atoms with Crippen LogP contribution < -0.4 is 0 Å². The number of aliphatic hydroxyl groups excluding tert-OH is 1. The van der Waals surface area contributed by atoms with E-state index in [1.807, 2.05) is 20.8 Å². The van der Waals surface area contributed by atoms with Gasteiger partial charge in [0, 0.05) is 6.61 Å². The minimum absolute atomic E-state index is 0.370. The monoisotopic (exact) mass is 214 g/mol. The number of rotatable bonds is 5. The first-order valence-electron chi connectivity index (χ1n) is 5.10. The van der Waals surface area contributed by atoms with E-state index >= 15 is 0 Å². The lowest BCUT2D eigenvalue weighted by molar-refractivity contribution is -0.0221. The second-order valence-electron chi connectivity index (χ2n) is 4.01. The maximum absolute atomic E-state index is 9.16. The van der Waals surface area contributed by atoms with Crippen LogP contribution in [0.4, 0.5) is 0 Å². The smallest absolute Gasteiger partial charge is 0.229 e. The van der Waals surface area contributed by atoms with E-state index in [0.717, 1.165) is 0 Å². The van der Waals surface area contributed by atoms with Crippen LogP contribution in [0.25, 0.3) is 0 Å². The van der Waals surface area contributed by atoms with Gasteiger partial charge in [0.2, 0.25) is 11.7 Å². The molecule has 0 aliphatic rings. The minimum Gasteiger partial charge on any atom is -0.393 e. The van der Waals surface area contributed by atoms with Crippen LogP contribution in [0.2, 0.25) is 0 Å². The molecule has 0 bridgehead atoms. The molecule has 0 aliphatic heterocycles. The zero-order valence-electron chi connectivity index (χ0n) is 9.65. The standard InChI is InChI=1S/C10H18N2O3/c1-5-14-10(3,4)9-11-8(15-12-9)6-7(2)13/h7,13H,5-6H2,1-4H3. The average molecular weight is 214 g/mol. The van der Waals surface area contributed by atoms with Gasteiger partial charge >= 0.3 is 0 Å². The molecular weight excluding hydrogens is 196 g/mol. The fourth-order valence-corrected chi connectivity index (χ4v) is 1.26. The highest BCUT2D eigenvalue weighted by Crippen LogP contribution is 2.21. The molecule has 1 N–H and O–H groups in total. The Hall–Kier alpha value is -0.940. The highest BCUT2D eigenvalue weighted by Gasteiger charge is 2.27. The van der Waals surface area contributed by atoms with E-state index in [1.165, 1.54) is 0 Å². The molecule has 15 heavy (non-hydrogen) atoms. The second kappa shape index (κ2) is 4.72. The van der Waals surface area contributed by atoms with Gasteiger partial charge in [0.1, 0.15) is 5.60 Å². The Bertz CT molecular complexity index is 307. The summed E-state index contributed by atoms with van der Waals surface area (Å²) in [6, 6.07) is 0. The second-order valence-corrected chi connectivity index (χ2v) is 4.01. The lowest BCUT2D eigenvalue weighted by Gasteiger charge is -2.19. The Balaban J connectivity index is 2.74. The molecule has 1 aromatic rings. The van der Waals surface area contributed by atoms with Crippen molar-refractivity contribution >= 4 is 0 Å². The van der Waals surface area contributed by atoms with Crippen molar-refractivity contribution in [3.8, 4) is 0 Å². The minimum atomic E-state index is -0.546. The van der Waals surface area contributed by atoms with Gasteiger partial charge in [0.15, 0.2) is 0 Å². The van der Waals surface area contributed by atoms with Crippen LogP contribution in [0, 0.1) is 0 Å². The number of ether oxygens (including phenoxy) is 1. The average Bonchev–Trinajstić information content (AvgIpc) is 2.51. The van der Waals surface area contributed by atoms with Crippen LogP contribution in [0.15, 0.2) is 4.52 Å². The summed E-state index contributed by atoms with van der Waals surface area (Å²) in [6.45, 7) is 7.95. The zero-order valence-corrected chi connectivity index (χ0v) is 9.65. The normalized spacial score (nSPS) is 14.2. The van der Waals surface area contributed by atoms with E-state index in [1.54, 1.807) is 6.92 Å². The third-order valence-corrected chi connectivity index (χ3v) is 1.98. The zero-order chi connectivity index (χ0) is 11.5. The summed E-state index contributed by atoms with van der Waals surface area (Å²) in [4.78, 5) is 4.18. The SMILES string of the molecule is CCOC(C)(C)c1noc(CC(C)O)n1. The molecular formula is C10H18N2O3. The maximum atomic E-state index is 9.16. The summed E-state index contributed by atoms with van der Waals surface area (Å²) < 4.78 is 10.5. The first-order valence-corrected chi connectivity index (χ1v) is 5.10. The largest absolute Gasteiger partial charge is 0.393 e. The molecule has 1 unspecified atom stereocenters. The van der Waals surface area contributed by atoms with Gasteiger partial charge in [-0.3, -0.25) is 0 Å². The highest BCUT2D eigenvalue weighted by molar-refractivity contribution is 4.97. The number of hydrogen-bond donors (Lipinski definition) is 1. The fourth-order valence-electron chi connectivity index (χ4n) is 1.26. The van der Waals surface area contributed by atoms with Crippen LogP contribution in [0.3, 0.4) is 0 Å². The van der Waals surface area contributed by atoms with Crippen molar-refractivity contribution in [2.24, 2.45) is 0 Å². The predicted molar refractivity (Wildman–Crippen MR) is 54.3 cm³/mol. The lowest BCUT2D eigenvalue weighted by atomic mass is 10.1. The number of nitrogens with zero attached hydrogens (tertiary/aromatic N) is 2. The summed E-state index contributed by atoms with van der Waals surface area (Å²) in [5.74, 6) is 0.952. The lowest BCUT2D eigenvalue weighted by Crippen LogP contribution is -2.23. The summed E-state index contributed by atoms with van der Waals surface area (Å²) in [7, 11) is 0. The van der Waals surface area contributed by atoms with E-state index in [-0.39, 0.29) is 0 Å². The van der Waals surface area contributed by atoms with Crippen molar-refractivity contribution in [3.05, 3.63) is 11.7 Å². The highest BCUT2D eigenvalue weighted by atomic mass is 16.5. The molecule has 0 spiro atoms. The molecule has 0 amide bonds. The van der Waals surface area contributed by atoms with E-state index in [9.17, 15) is 0 Å². The van der Waals surface area contributed by atoms with Gasteiger partial charge in [-0.2, -0.15) is 4.98 Å². The van der Waals surface area contributed by atoms with Gasteiger partial charge in [0.05, 0.1) is 12.5 Å². The van der Waals surface area contributed by atoms with Crippen molar-refractivity contribution < 1.29 is 14.4 Å². The van der Waals surface area contributed by atoms with Crippen LogP contribution >= 0.6 is 0 Å². The molecule has 0 aliphatic carbocycles. The molecule has 0 saturated heterocycles. The summed E-state index contributed by atoms with van der Waals surface area (Å²) in [6.07, 6.45) is -0.108. The van der Waals surface area contributed by atoms with Crippen molar-refractivity contribution in [2.45, 2.75) is 45.8 Å². The quantitative estimate of drug-likeness (QED) is 0.799. The van der Waals surface area contributed by atoms with Gasteiger partial charge in [-0.1, -0.05) is 5.16 Å². The van der Waals surface area contributed by atoms with Gasteiger partial charge in [0.25, 0.3) is 0 Å².